The fourth-order valence-corrected chi connectivity index (χ4v) is 2.40. The number of nitrogens with zero attached hydrogens (tertiary/aromatic N) is 1. The number of hydrogen-bond donors (Lipinski definition) is 1. The van der Waals surface area contributed by atoms with Crippen molar-refractivity contribution in [3.63, 3.8) is 0 Å². The molecule has 7 heteroatoms. The molecule has 1 aliphatic rings. The summed E-state index contributed by atoms with van der Waals surface area (Å²) in [6.07, 6.45) is 0.495. The van der Waals surface area contributed by atoms with E-state index in [4.69, 9.17) is 14.2 Å². The molecule has 1 heterocycles. The van der Waals surface area contributed by atoms with Gasteiger partial charge in [0.2, 0.25) is 0 Å². The fraction of sp³-hybridized carbons (Fsp3) is 0.571. The number of nitrogens with one attached hydrogen (secondary N) is 1. The summed E-state index contributed by atoms with van der Waals surface area (Å²) < 4.78 is 16.1. The second-order valence-electron chi connectivity index (χ2n) is 4.80. The summed E-state index contributed by atoms with van der Waals surface area (Å²) in [6.45, 7) is 4.11. The van der Waals surface area contributed by atoms with E-state index in [-0.39, 0.29) is 16.7 Å². The third-order valence-electron chi connectivity index (χ3n) is 3.27. The van der Waals surface area contributed by atoms with Crippen LogP contribution in [0.4, 0.5) is 5.69 Å². The van der Waals surface area contributed by atoms with Gasteiger partial charge in [-0.1, -0.05) is 6.92 Å². The van der Waals surface area contributed by atoms with E-state index >= 15 is 0 Å². The Bertz CT molecular complexity index is 500. The van der Waals surface area contributed by atoms with Crippen molar-refractivity contribution in [2.45, 2.75) is 19.4 Å². The summed E-state index contributed by atoms with van der Waals surface area (Å²) in [6, 6.07) is 3.16. The third kappa shape index (κ3) is 3.83. The smallest absolute Gasteiger partial charge is 0.276 e. The Morgan fingerprint density at radius 3 is 2.62 bits per heavy atom. The zero-order chi connectivity index (χ0) is 15.2. The molecular weight excluding hydrogens is 276 g/mol. The molecule has 0 bridgehead atoms. The van der Waals surface area contributed by atoms with Crippen molar-refractivity contribution in [3.8, 4) is 11.5 Å². The highest BCUT2D eigenvalue weighted by atomic mass is 16.6. The molecule has 0 amide bonds. The second kappa shape index (κ2) is 7.24. The molecule has 1 aromatic carbocycles. The van der Waals surface area contributed by atoms with E-state index in [2.05, 4.69) is 5.32 Å². The molecule has 21 heavy (non-hydrogen) atoms. The number of likely N-dealkylation sites (N-methyl/N-ethyl adjacent to an activating group) is 1. The van der Waals surface area contributed by atoms with Crippen LogP contribution in [0, 0.1) is 10.1 Å². The minimum Gasteiger partial charge on any atom is -0.486 e. The summed E-state index contributed by atoms with van der Waals surface area (Å²) in [5.41, 5.74) is 0.672. The van der Waals surface area contributed by atoms with Gasteiger partial charge in [0.15, 0.2) is 11.5 Å². The lowest BCUT2D eigenvalue weighted by atomic mass is 10.0. The number of rotatable bonds is 7. The molecule has 0 aromatic heterocycles. The molecular formula is C14H20N2O5. The Labute approximate surface area is 123 Å². The van der Waals surface area contributed by atoms with Gasteiger partial charge >= 0.3 is 0 Å². The molecule has 1 atom stereocenters. The van der Waals surface area contributed by atoms with Crippen LogP contribution >= 0.6 is 0 Å². The molecule has 1 unspecified atom stereocenters. The van der Waals surface area contributed by atoms with Crippen LogP contribution in [-0.4, -0.2) is 44.4 Å². The van der Waals surface area contributed by atoms with Crippen LogP contribution in [0.3, 0.4) is 0 Å². The van der Waals surface area contributed by atoms with Crippen molar-refractivity contribution in [2.24, 2.45) is 0 Å². The first-order valence-electron chi connectivity index (χ1n) is 6.95. The van der Waals surface area contributed by atoms with Gasteiger partial charge in [-0.2, -0.15) is 0 Å². The summed E-state index contributed by atoms with van der Waals surface area (Å²) in [4.78, 5) is 10.9. The molecule has 0 saturated carbocycles. The van der Waals surface area contributed by atoms with Gasteiger partial charge in [-0.15, -0.1) is 0 Å². The van der Waals surface area contributed by atoms with E-state index in [1.54, 1.807) is 13.2 Å². The minimum absolute atomic E-state index is 0.0151. The van der Waals surface area contributed by atoms with Crippen LogP contribution in [-0.2, 0) is 11.2 Å². The number of ether oxygens (including phenoxy) is 3. The Morgan fingerprint density at radius 1 is 1.38 bits per heavy atom. The van der Waals surface area contributed by atoms with E-state index in [0.717, 1.165) is 6.54 Å². The Balaban J connectivity index is 2.29. The Morgan fingerprint density at radius 2 is 2.05 bits per heavy atom. The van der Waals surface area contributed by atoms with Gasteiger partial charge in [0.25, 0.3) is 5.69 Å². The third-order valence-corrected chi connectivity index (χ3v) is 3.27. The largest absolute Gasteiger partial charge is 0.486 e. The topological polar surface area (TPSA) is 82.9 Å². The monoisotopic (exact) mass is 296 g/mol. The molecule has 0 spiro atoms. The van der Waals surface area contributed by atoms with E-state index in [9.17, 15) is 10.1 Å². The quantitative estimate of drug-likeness (QED) is 0.607. The minimum atomic E-state index is -0.386. The van der Waals surface area contributed by atoms with Crippen molar-refractivity contribution in [2.75, 3.05) is 33.5 Å². The maximum atomic E-state index is 11.3. The predicted molar refractivity (Wildman–Crippen MR) is 77.1 cm³/mol. The molecule has 116 valence electrons. The number of nitro groups is 1. The average molecular weight is 296 g/mol. The lowest BCUT2D eigenvalue weighted by Gasteiger charge is -2.21. The van der Waals surface area contributed by atoms with Crippen LogP contribution in [0.5, 0.6) is 11.5 Å². The number of methoxy groups -OCH3 is 1. The molecule has 1 aliphatic heterocycles. The van der Waals surface area contributed by atoms with Crippen molar-refractivity contribution in [3.05, 3.63) is 27.8 Å². The van der Waals surface area contributed by atoms with Crippen LogP contribution < -0.4 is 14.8 Å². The molecule has 0 saturated heterocycles. The molecule has 1 N–H and O–H groups in total. The zero-order valence-electron chi connectivity index (χ0n) is 12.3. The molecule has 0 aliphatic carbocycles. The van der Waals surface area contributed by atoms with Gasteiger partial charge in [-0.05, 0) is 19.0 Å². The van der Waals surface area contributed by atoms with Gasteiger partial charge in [0, 0.05) is 18.7 Å². The summed E-state index contributed by atoms with van der Waals surface area (Å²) >= 11 is 0. The maximum Gasteiger partial charge on any atom is 0.276 e. The van der Waals surface area contributed by atoms with Crippen LogP contribution in [0.2, 0.25) is 0 Å². The molecule has 0 fully saturated rings. The van der Waals surface area contributed by atoms with Crippen LogP contribution in [0.15, 0.2) is 12.1 Å². The lowest BCUT2D eigenvalue weighted by molar-refractivity contribution is -0.385. The highest BCUT2D eigenvalue weighted by Crippen LogP contribution is 2.37. The maximum absolute atomic E-state index is 11.3. The first kappa shape index (κ1) is 15.5. The van der Waals surface area contributed by atoms with Crippen molar-refractivity contribution in [1.29, 1.82) is 0 Å². The van der Waals surface area contributed by atoms with Gasteiger partial charge in [0.1, 0.15) is 13.2 Å². The normalized spacial score (nSPS) is 14.8. The van der Waals surface area contributed by atoms with E-state index in [1.807, 2.05) is 6.92 Å². The predicted octanol–water partition coefficient (Wildman–Crippen LogP) is 1.53. The number of nitro benzene ring substituents is 1. The summed E-state index contributed by atoms with van der Waals surface area (Å²) in [7, 11) is 1.61. The van der Waals surface area contributed by atoms with Crippen LogP contribution in [0.1, 0.15) is 12.5 Å². The number of hydrogen-bond acceptors (Lipinski definition) is 6. The molecule has 2 rings (SSSR count). The molecule has 0 radical (unpaired) electrons. The number of benzene rings is 1. The first-order chi connectivity index (χ1) is 10.2. The molecule has 1 aromatic rings. The summed E-state index contributed by atoms with van der Waals surface area (Å²) in [5.74, 6) is 0.998. The van der Waals surface area contributed by atoms with E-state index in [1.165, 1.54) is 6.07 Å². The highest BCUT2D eigenvalue weighted by Gasteiger charge is 2.24. The van der Waals surface area contributed by atoms with Crippen molar-refractivity contribution >= 4 is 5.69 Å². The van der Waals surface area contributed by atoms with Gasteiger partial charge in [-0.3, -0.25) is 10.1 Å². The van der Waals surface area contributed by atoms with Gasteiger partial charge < -0.3 is 19.5 Å². The SMILES string of the molecule is CCNC(COC)Cc1cc2c(cc1[N+](=O)[O-])OCCO2. The fourth-order valence-electron chi connectivity index (χ4n) is 2.40. The van der Waals surface area contributed by atoms with Gasteiger partial charge in [-0.25, -0.2) is 0 Å². The van der Waals surface area contributed by atoms with E-state index in [0.29, 0.717) is 43.3 Å². The van der Waals surface area contributed by atoms with Crippen molar-refractivity contribution < 1.29 is 19.1 Å². The second-order valence-corrected chi connectivity index (χ2v) is 4.80. The van der Waals surface area contributed by atoms with E-state index < -0.39 is 0 Å². The Hall–Kier alpha value is -1.86. The van der Waals surface area contributed by atoms with Gasteiger partial charge in [0.05, 0.1) is 17.6 Å². The molecule has 7 nitrogen and oxygen atoms in total. The Kier molecular flexibility index (Phi) is 5.35. The lowest BCUT2D eigenvalue weighted by Crippen LogP contribution is -2.35. The average Bonchev–Trinajstić information content (AvgIpc) is 2.47. The number of fused-ring (bicyclic) bond motifs is 1. The van der Waals surface area contributed by atoms with Crippen molar-refractivity contribution in [1.82, 2.24) is 5.32 Å². The van der Waals surface area contributed by atoms with Crippen LogP contribution in [0.25, 0.3) is 0 Å². The first-order valence-corrected chi connectivity index (χ1v) is 6.95. The standard InChI is InChI=1S/C14H20N2O5/c1-3-15-11(9-19-2)6-10-7-13-14(21-5-4-20-13)8-12(10)16(17)18/h7-8,11,15H,3-6,9H2,1-2H3. The highest BCUT2D eigenvalue weighted by molar-refractivity contribution is 5.55. The summed E-state index contributed by atoms with van der Waals surface area (Å²) in [5, 5.41) is 14.5. The zero-order valence-corrected chi connectivity index (χ0v) is 12.3.